The number of piperazine rings is 1. The summed E-state index contributed by atoms with van der Waals surface area (Å²) in [5, 5.41) is 9.93. The number of β-amino-alcohol motifs (C(OH)–C–C–N with tert-alkyl or cyclic N) is 1. The molecule has 1 amide bonds. The first-order chi connectivity index (χ1) is 10.4. The summed E-state index contributed by atoms with van der Waals surface area (Å²) < 4.78 is 0. The Hall–Kier alpha value is -1.04. The van der Waals surface area contributed by atoms with Gasteiger partial charge in [-0.15, -0.1) is 11.8 Å². The average molecular weight is 320 g/mol. The van der Waals surface area contributed by atoms with E-state index in [0.29, 0.717) is 6.54 Å². The zero-order valence-electron chi connectivity index (χ0n) is 13.3. The van der Waals surface area contributed by atoms with E-state index < -0.39 is 5.60 Å². The predicted octanol–water partition coefficient (Wildman–Crippen LogP) is 1.62. The molecule has 1 aromatic rings. The molecule has 0 bridgehead atoms. The number of hydrogen-bond donors (Lipinski definition) is 1. The lowest BCUT2D eigenvalue weighted by Crippen LogP contribution is -2.53. The van der Waals surface area contributed by atoms with Gasteiger partial charge in [-0.1, -0.05) is 18.2 Å². The largest absolute Gasteiger partial charge is 0.389 e. The first kappa shape index (κ1) is 15.8. The molecule has 2 aliphatic rings. The number of nitrogens with zero attached hydrogens (tertiary/aromatic N) is 2. The predicted molar refractivity (Wildman–Crippen MR) is 89.1 cm³/mol. The highest BCUT2D eigenvalue weighted by molar-refractivity contribution is 8.01. The fraction of sp³-hybridized carbons (Fsp3) is 0.588. The summed E-state index contributed by atoms with van der Waals surface area (Å²) in [7, 11) is 0. The van der Waals surface area contributed by atoms with E-state index in [1.807, 2.05) is 30.9 Å². The smallest absolute Gasteiger partial charge is 0.236 e. The van der Waals surface area contributed by atoms with Crippen LogP contribution in [-0.2, 0) is 11.2 Å². The highest BCUT2D eigenvalue weighted by atomic mass is 32.2. The summed E-state index contributed by atoms with van der Waals surface area (Å²) in [5.41, 5.74) is 0.626. The monoisotopic (exact) mass is 320 g/mol. The van der Waals surface area contributed by atoms with E-state index in [9.17, 15) is 9.90 Å². The van der Waals surface area contributed by atoms with E-state index in [4.69, 9.17) is 0 Å². The Bertz CT molecular complexity index is 523. The third kappa shape index (κ3) is 3.65. The molecule has 1 unspecified atom stereocenters. The minimum absolute atomic E-state index is 0.0400. The van der Waals surface area contributed by atoms with Gasteiger partial charge < -0.3 is 10.0 Å². The lowest BCUT2D eigenvalue weighted by Gasteiger charge is -2.38. The lowest BCUT2D eigenvalue weighted by molar-refractivity contribution is -0.132. The summed E-state index contributed by atoms with van der Waals surface area (Å²) in [4.78, 5) is 18.2. The molecule has 4 nitrogen and oxygen atoms in total. The van der Waals surface area contributed by atoms with Gasteiger partial charge in [0.2, 0.25) is 5.91 Å². The standard InChI is InChI=1S/C17H24N2O2S/c1-17(2,21)12-18-7-9-19(10-8-18)16(20)15-11-13-5-3-4-6-14(13)22-15/h3-6,15,21H,7-12H2,1-2H3. The van der Waals surface area contributed by atoms with Crippen molar-refractivity contribution in [1.82, 2.24) is 9.80 Å². The molecule has 0 aliphatic carbocycles. The van der Waals surface area contributed by atoms with Crippen LogP contribution in [0.15, 0.2) is 29.2 Å². The topological polar surface area (TPSA) is 43.8 Å². The van der Waals surface area contributed by atoms with Crippen molar-refractivity contribution >= 4 is 17.7 Å². The van der Waals surface area contributed by atoms with Gasteiger partial charge in [0.1, 0.15) is 0 Å². The normalized spacial score (nSPS) is 22.7. The van der Waals surface area contributed by atoms with Crippen LogP contribution in [0.1, 0.15) is 19.4 Å². The van der Waals surface area contributed by atoms with Gasteiger partial charge in [-0.05, 0) is 31.9 Å². The van der Waals surface area contributed by atoms with Gasteiger partial charge in [0.05, 0.1) is 10.9 Å². The number of hydrogen-bond acceptors (Lipinski definition) is 4. The summed E-state index contributed by atoms with van der Waals surface area (Å²) >= 11 is 1.70. The molecule has 0 aromatic heterocycles. The quantitative estimate of drug-likeness (QED) is 0.919. The molecule has 2 heterocycles. The Morgan fingerprint density at radius 1 is 1.27 bits per heavy atom. The Labute approximate surface area is 136 Å². The maximum Gasteiger partial charge on any atom is 0.236 e. The maximum atomic E-state index is 12.7. The molecule has 3 rings (SSSR count). The first-order valence-electron chi connectivity index (χ1n) is 7.90. The number of rotatable bonds is 3. The number of carbonyl (C=O) groups excluding carboxylic acids is 1. The highest BCUT2D eigenvalue weighted by Gasteiger charge is 2.33. The van der Waals surface area contributed by atoms with E-state index in [1.54, 1.807) is 11.8 Å². The second-order valence-electron chi connectivity index (χ2n) is 6.83. The van der Waals surface area contributed by atoms with E-state index in [-0.39, 0.29) is 11.2 Å². The minimum Gasteiger partial charge on any atom is -0.389 e. The Kier molecular flexibility index (Phi) is 4.48. The van der Waals surface area contributed by atoms with E-state index >= 15 is 0 Å². The van der Waals surface area contributed by atoms with E-state index in [2.05, 4.69) is 17.0 Å². The molecule has 1 aromatic carbocycles. The van der Waals surface area contributed by atoms with Gasteiger partial charge in [-0.3, -0.25) is 9.69 Å². The molecule has 1 fully saturated rings. The van der Waals surface area contributed by atoms with Gasteiger partial charge in [0, 0.05) is 37.6 Å². The Morgan fingerprint density at radius 2 is 1.95 bits per heavy atom. The van der Waals surface area contributed by atoms with E-state index in [0.717, 1.165) is 32.6 Å². The Balaban J connectivity index is 1.53. The van der Waals surface area contributed by atoms with Gasteiger partial charge >= 0.3 is 0 Å². The number of benzene rings is 1. The molecule has 0 radical (unpaired) electrons. The minimum atomic E-state index is -0.672. The zero-order valence-corrected chi connectivity index (χ0v) is 14.1. The van der Waals surface area contributed by atoms with Crippen molar-refractivity contribution < 1.29 is 9.90 Å². The SMILES string of the molecule is CC(C)(O)CN1CCN(C(=O)C2Cc3ccccc3S2)CC1. The van der Waals surface area contributed by atoms with Crippen LogP contribution >= 0.6 is 11.8 Å². The van der Waals surface area contributed by atoms with Crippen LogP contribution in [-0.4, -0.2) is 64.4 Å². The van der Waals surface area contributed by atoms with Crippen molar-refractivity contribution in [1.29, 1.82) is 0 Å². The third-order valence-corrected chi connectivity index (χ3v) is 5.52. The molecular formula is C17H24N2O2S. The highest BCUT2D eigenvalue weighted by Crippen LogP contribution is 2.37. The van der Waals surface area contributed by atoms with E-state index in [1.165, 1.54) is 10.5 Å². The Morgan fingerprint density at radius 3 is 2.59 bits per heavy atom. The van der Waals surface area contributed by atoms with Crippen molar-refractivity contribution in [2.75, 3.05) is 32.7 Å². The van der Waals surface area contributed by atoms with Crippen LogP contribution in [0, 0.1) is 0 Å². The zero-order chi connectivity index (χ0) is 15.7. The molecule has 0 saturated carbocycles. The molecule has 5 heteroatoms. The van der Waals surface area contributed by atoms with Crippen molar-refractivity contribution in [2.24, 2.45) is 0 Å². The number of amides is 1. The van der Waals surface area contributed by atoms with Crippen molar-refractivity contribution in [3.05, 3.63) is 29.8 Å². The fourth-order valence-electron chi connectivity index (χ4n) is 3.20. The number of thioether (sulfide) groups is 1. The van der Waals surface area contributed by atoms with Gasteiger partial charge in [0.25, 0.3) is 0 Å². The molecule has 1 N–H and O–H groups in total. The fourth-order valence-corrected chi connectivity index (χ4v) is 4.48. The lowest BCUT2D eigenvalue weighted by atomic mass is 10.1. The second kappa shape index (κ2) is 6.22. The molecule has 0 spiro atoms. The number of carbonyl (C=O) groups is 1. The summed E-state index contributed by atoms with van der Waals surface area (Å²) in [6, 6.07) is 8.31. The van der Waals surface area contributed by atoms with Gasteiger partial charge in [-0.2, -0.15) is 0 Å². The van der Waals surface area contributed by atoms with Gasteiger partial charge in [0.15, 0.2) is 0 Å². The first-order valence-corrected chi connectivity index (χ1v) is 8.78. The average Bonchev–Trinajstić information content (AvgIpc) is 2.89. The summed E-state index contributed by atoms with van der Waals surface area (Å²) in [6.45, 7) is 7.55. The van der Waals surface area contributed by atoms with Crippen LogP contribution in [0.25, 0.3) is 0 Å². The van der Waals surface area contributed by atoms with Crippen molar-refractivity contribution in [2.45, 2.75) is 36.0 Å². The third-order valence-electron chi connectivity index (χ3n) is 4.22. The second-order valence-corrected chi connectivity index (χ2v) is 8.08. The molecular weight excluding hydrogens is 296 g/mol. The molecule has 1 atom stereocenters. The molecule has 120 valence electrons. The van der Waals surface area contributed by atoms with Crippen LogP contribution in [0.5, 0.6) is 0 Å². The van der Waals surface area contributed by atoms with Crippen LogP contribution in [0.2, 0.25) is 0 Å². The number of fused-ring (bicyclic) bond motifs is 1. The van der Waals surface area contributed by atoms with Crippen LogP contribution in [0.4, 0.5) is 0 Å². The maximum absolute atomic E-state index is 12.7. The molecule has 22 heavy (non-hydrogen) atoms. The summed E-state index contributed by atoms with van der Waals surface area (Å²) in [6.07, 6.45) is 0.851. The molecule has 1 saturated heterocycles. The van der Waals surface area contributed by atoms with Crippen molar-refractivity contribution in [3.63, 3.8) is 0 Å². The molecule has 2 aliphatic heterocycles. The van der Waals surface area contributed by atoms with Gasteiger partial charge in [-0.25, -0.2) is 0 Å². The number of aliphatic hydroxyl groups is 1. The van der Waals surface area contributed by atoms with Crippen LogP contribution in [0.3, 0.4) is 0 Å². The van der Waals surface area contributed by atoms with Crippen molar-refractivity contribution in [3.8, 4) is 0 Å². The summed E-state index contributed by atoms with van der Waals surface area (Å²) in [5.74, 6) is 0.268. The van der Waals surface area contributed by atoms with Crippen LogP contribution < -0.4 is 0 Å².